The van der Waals surface area contributed by atoms with Gasteiger partial charge in [-0.25, -0.2) is 0 Å². The zero-order valence-electron chi connectivity index (χ0n) is 7.02. The number of hydrogen-bond donors (Lipinski definition) is 0. The molecule has 1 rings (SSSR count). The number of nitrogens with zero attached hydrogens (tertiary/aromatic N) is 2. The first-order valence-corrected chi connectivity index (χ1v) is 3.85. The molecule has 1 aliphatic heterocycles. The molecule has 0 aliphatic carbocycles. The van der Waals surface area contributed by atoms with Gasteiger partial charge in [0.1, 0.15) is 0 Å². The lowest BCUT2D eigenvalue weighted by atomic mass is 10.4. The van der Waals surface area contributed by atoms with Crippen molar-refractivity contribution >= 4 is 0 Å². The SMILES string of the molecule is C/C(=C\N1CCOCC1)[N+](=O)[O-]. The molecule has 0 saturated carbocycles. The Hall–Kier alpha value is -1.10. The van der Waals surface area contributed by atoms with E-state index >= 15 is 0 Å². The number of morpholine rings is 1. The summed E-state index contributed by atoms with van der Waals surface area (Å²) in [7, 11) is 0. The molecule has 1 aliphatic rings. The van der Waals surface area contributed by atoms with Gasteiger partial charge in [-0.1, -0.05) is 0 Å². The third-order valence-corrected chi connectivity index (χ3v) is 1.70. The highest BCUT2D eigenvalue weighted by Crippen LogP contribution is 2.01. The van der Waals surface area contributed by atoms with Crippen molar-refractivity contribution in [3.8, 4) is 0 Å². The van der Waals surface area contributed by atoms with E-state index in [4.69, 9.17) is 4.74 Å². The van der Waals surface area contributed by atoms with Crippen LogP contribution in [0, 0.1) is 10.1 Å². The van der Waals surface area contributed by atoms with Crippen LogP contribution >= 0.6 is 0 Å². The predicted molar refractivity (Wildman–Crippen MR) is 43.1 cm³/mol. The minimum absolute atomic E-state index is 0.178. The molecule has 1 heterocycles. The molecule has 0 amide bonds. The second-order valence-corrected chi connectivity index (χ2v) is 2.68. The molecule has 0 unspecified atom stereocenters. The molecule has 0 aromatic carbocycles. The summed E-state index contributed by atoms with van der Waals surface area (Å²) in [6, 6.07) is 0. The van der Waals surface area contributed by atoms with Crippen LogP contribution < -0.4 is 0 Å². The minimum atomic E-state index is -0.380. The van der Waals surface area contributed by atoms with E-state index < -0.39 is 0 Å². The molecule has 5 nitrogen and oxygen atoms in total. The Morgan fingerprint density at radius 2 is 2.17 bits per heavy atom. The zero-order chi connectivity index (χ0) is 8.97. The minimum Gasteiger partial charge on any atom is -0.378 e. The van der Waals surface area contributed by atoms with E-state index in [0.717, 1.165) is 13.1 Å². The van der Waals surface area contributed by atoms with Crippen LogP contribution in [0.25, 0.3) is 0 Å². The molecule has 0 N–H and O–H groups in total. The maximum atomic E-state index is 10.3. The van der Waals surface area contributed by atoms with E-state index in [9.17, 15) is 10.1 Å². The van der Waals surface area contributed by atoms with E-state index in [0.29, 0.717) is 13.2 Å². The quantitative estimate of drug-likeness (QED) is 0.448. The first-order valence-electron chi connectivity index (χ1n) is 3.85. The summed E-state index contributed by atoms with van der Waals surface area (Å²) >= 11 is 0. The standard InChI is InChI=1S/C7H12N2O3/c1-7(9(10)11)6-8-2-4-12-5-3-8/h6H,2-5H2,1H3/b7-6+. The summed E-state index contributed by atoms with van der Waals surface area (Å²) in [6.07, 6.45) is 1.57. The first kappa shape index (κ1) is 8.99. The molecule has 0 atom stereocenters. The zero-order valence-corrected chi connectivity index (χ0v) is 7.02. The largest absolute Gasteiger partial charge is 0.378 e. The van der Waals surface area contributed by atoms with Crippen LogP contribution in [0.2, 0.25) is 0 Å². The molecule has 68 valence electrons. The molecule has 0 aromatic rings. The van der Waals surface area contributed by atoms with Gasteiger partial charge in [0.05, 0.1) is 24.3 Å². The molecule has 0 spiro atoms. The van der Waals surface area contributed by atoms with Crippen LogP contribution in [0.5, 0.6) is 0 Å². The topological polar surface area (TPSA) is 55.6 Å². The summed E-state index contributed by atoms with van der Waals surface area (Å²) in [4.78, 5) is 11.8. The average Bonchev–Trinajstić information content (AvgIpc) is 2.06. The number of rotatable bonds is 2. The summed E-state index contributed by atoms with van der Waals surface area (Å²) < 4.78 is 5.10. The van der Waals surface area contributed by atoms with Crippen LogP contribution in [0.15, 0.2) is 11.9 Å². The highest BCUT2D eigenvalue weighted by Gasteiger charge is 2.10. The van der Waals surface area contributed by atoms with Crippen LogP contribution in [-0.2, 0) is 4.74 Å². The van der Waals surface area contributed by atoms with Crippen molar-refractivity contribution < 1.29 is 9.66 Å². The van der Waals surface area contributed by atoms with Crippen molar-refractivity contribution in [2.24, 2.45) is 0 Å². The normalized spacial score (nSPS) is 19.4. The lowest BCUT2D eigenvalue weighted by Crippen LogP contribution is -2.32. The fraction of sp³-hybridized carbons (Fsp3) is 0.714. The third kappa shape index (κ3) is 2.50. The number of hydrogen-bond acceptors (Lipinski definition) is 4. The van der Waals surface area contributed by atoms with Crippen molar-refractivity contribution in [1.29, 1.82) is 0 Å². The van der Waals surface area contributed by atoms with E-state index in [2.05, 4.69) is 0 Å². The van der Waals surface area contributed by atoms with Crippen molar-refractivity contribution in [2.45, 2.75) is 6.92 Å². The average molecular weight is 172 g/mol. The Morgan fingerprint density at radius 3 is 2.67 bits per heavy atom. The summed E-state index contributed by atoms with van der Waals surface area (Å²) in [6.45, 7) is 4.29. The molecule has 0 bridgehead atoms. The van der Waals surface area contributed by atoms with Gasteiger partial charge < -0.3 is 9.64 Å². The van der Waals surface area contributed by atoms with Crippen LogP contribution in [0.4, 0.5) is 0 Å². The molecular weight excluding hydrogens is 160 g/mol. The third-order valence-electron chi connectivity index (χ3n) is 1.70. The maximum Gasteiger partial charge on any atom is 0.258 e. The van der Waals surface area contributed by atoms with Gasteiger partial charge >= 0.3 is 0 Å². The number of nitro groups is 1. The number of ether oxygens (including phenoxy) is 1. The van der Waals surface area contributed by atoms with Crippen molar-refractivity contribution in [1.82, 2.24) is 4.90 Å². The molecular formula is C7H12N2O3. The lowest BCUT2D eigenvalue weighted by molar-refractivity contribution is -0.425. The first-order chi connectivity index (χ1) is 5.70. The van der Waals surface area contributed by atoms with Gasteiger partial charge in [-0.15, -0.1) is 0 Å². The molecule has 1 fully saturated rings. The summed E-state index contributed by atoms with van der Waals surface area (Å²) in [5, 5.41) is 10.3. The monoisotopic (exact) mass is 172 g/mol. The fourth-order valence-electron chi connectivity index (χ4n) is 1.02. The summed E-state index contributed by atoms with van der Waals surface area (Å²) in [5.74, 6) is 0. The Balaban J connectivity index is 2.47. The van der Waals surface area contributed by atoms with Gasteiger partial charge in [-0.05, 0) is 0 Å². The fourth-order valence-corrected chi connectivity index (χ4v) is 1.02. The van der Waals surface area contributed by atoms with Crippen molar-refractivity contribution in [3.63, 3.8) is 0 Å². The molecule has 1 saturated heterocycles. The van der Waals surface area contributed by atoms with Gasteiger partial charge in [-0.3, -0.25) is 10.1 Å². The smallest absolute Gasteiger partial charge is 0.258 e. The van der Waals surface area contributed by atoms with E-state index in [1.54, 1.807) is 6.20 Å². The van der Waals surface area contributed by atoms with E-state index in [1.165, 1.54) is 6.92 Å². The van der Waals surface area contributed by atoms with Crippen molar-refractivity contribution in [3.05, 3.63) is 22.0 Å². The van der Waals surface area contributed by atoms with Gasteiger partial charge in [0.15, 0.2) is 0 Å². The molecule has 0 radical (unpaired) electrons. The molecule has 5 heteroatoms. The molecule has 12 heavy (non-hydrogen) atoms. The second-order valence-electron chi connectivity index (χ2n) is 2.68. The highest BCUT2D eigenvalue weighted by atomic mass is 16.6. The molecule has 0 aromatic heterocycles. The van der Waals surface area contributed by atoms with Crippen LogP contribution in [0.1, 0.15) is 6.92 Å². The van der Waals surface area contributed by atoms with Crippen LogP contribution in [-0.4, -0.2) is 36.1 Å². The van der Waals surface area contributed by atoms with E-state index in [-0.39, 0.29) is 10.6 Å². The Bertz CT molecular complexity index is 197. The number of allylic oxidation sites excluding steroid dienone is 1. The Kier molecular flexibility index (Phi) is 3.04. The summed E-state index contributed by atoms with van der Waals surface area (Å²) in [5.41, 5.74) is 0.178. The van der Waals surface area contributed by atoms with Crippen LogP contribution in [0.3, 0.4) is 0 Å². The van der Waals surface area contributed by atoms with Gasteiger partial charge in [0.25, 0.3) is 5.70 Å². The lowest BCUT2D eigenvalue weighted by Gasteiger charge is -2.24. The van der Waals surface area contributed by atoms with Gasteiger partial charge in [0, 0.05) is 20.0 Å². The van der Waals surface area contributed by atoms with Gasteiger partial charge in [-0.2, -0.15) is 0 Å². The Morgan fingerprint density at radius 1 is 1.58 bits per heavy atom. The maximum absolute atomic E-state index is 10.3. The van der Waals surface area contributed by atoms with Gasteiger partial charge in [0.2, 0.25) is 0 Å². The second kappa shape index (κ2) is 4.06. The van der Waals surface area contributed by atoms with E-state index in [1.807, 2.05) is 4.90 Å². The highest BCUT2D eigenvalue weighted by molar-refractivity contribution is 4.87. The Labute approximate surface area is 70.8 Å². The van der Waals surface area contributed by atoms with Crippen molar-refractivity contribution in [2.75, 3.05) is 26.3 Å². The predicted octanol–water partition coefficient (Wildman–Crippen LogP) is 0.457.